The van der Waals surface area contributed by atoms with Crippen molar-refractivity contribution in [3.05, 3.63) is 35.1 Å². The van der Waals surface area contributed by atoms with Gasteiger partial charge in [0, 0.05) is 25.1 Å². The van der Waals surface area contributed by atoms with Crippen LogP contribution >= 0.6 is 11.8 Å². The zero-order chi connectivity index (χ0) is 18.0. The molecule has 5 nitrogen and oxygen atoms in total. The van der Waals surface area contributed by atoms with Gasteiger partial charge in [-0.25, -0.2) is 17.8 Å². The standard InChI is InChI=1S/C16H26FN3O2S2/c1-4-18-16(19-8-5-9-24(3,21)22)20-11-13-6-7-15(17)10-14(13)12-23-2/h6-7,10H,4-5,8-9,11-12H2,1-3H3,(H2,18,19,20). The van der Waals surface area contributed by atoms with Gasteiger partial charge >= 0.3 is 0 Å². The Labute approximate surface area is 148 Å². The molecule has 0 saturated heterocycles. The number of hydrogen-bond acceptors (Lipinski definition) is 4. The largest absolute Gasteiger partial charge is 0.357 e. The zero-order valence-corrected chi connectivity index (χ0v) is 16.1. The fraction of sp³-hybridized carbons (Fsp3) is 0.562. The SMILES string of the molecule is CCNC(=NCc1ccc(F)cc1CSC)NCCCS(C)(=O)=O. The quantitative estimate of drug-likeness (QED) is 0.393. The lowest BCUT2D eigenvalue weighted by atomic mass is 10.1. The van der Waals surface area contributed by atoms with E-state index in [4.69, 9.17) is 0 Å². The van der Waals surface area contributed by atoms with Crippen LogP contribution in [-0.4, -0.2) is 45.7 Å². The van der Waals surface area contributed by atoms with E-state index in [9.17, 15) is 12.8 Å². The van der Waals surface area contributed by atoms with Crippen LogP contribution in [-0.2, 0) is 22.1 Å². The van der Waals surface area contributed by atoms with Crippen molar-refractivity contribution < 1.29 is 12.8 Å². The van der Waals surface area contributed by atoms with Crippen molar-refractivity contribution >= 4 is 27.6 Å². The van der Waals surface area contributed by atoms with E-state index in [1.807, 2.05) is 13.2 Å². The number of guanidine groups is 1. The van der Waals surface area contributed by atoms with E-state index < -0.39 is 9.84 Å². The Kier molecular flexibility index (Phi) is 9.13. The van der Waals surface area contributed by atoms with Crippen molar-refractivity contribution in [2.24, 2.45) is 4.99 Å². The van der Waals surface area contributed by atoms with Crippen LogP contribution in [0, 0.1) is 5.82 Å². The number of thioether (sulfide) groups is 1. The van der Waals surface area contributed by atoms with Gasteiger partial charge in [-0.15, -0.1) is 0 Å². The van der Waals surface area contributed by atoms with Gasteiger partial charge in [0.25, 0.3) is 0 Å². The Bertz CT molecular complexity index is 649. The number of sulfone groups is 1. The summed E-state index contributed by atoms with van der Waals surface area (Å²) in [6, 6.07) is 4.76. The predicted molar refractivity (Wildman–Crippen MR) is 101 cm³/mol. The van der Waals surface area contributed by atoms with Crippen LogP contribution < -0.4 is 10.6 Å². The van der Waals surface area contributed by atoms with Crippen LogP contribution in [0.5, 0.6) is 0 Å². The van der Waals surface area contributed by atoms with Crippen LogP contribution in [0.3, 0.4) is 0 Å². The number of nitrogens with one attached hydrogen (secondary N) is 2. The van der Waals surface area contributed by atoms with Gasteiger partial charge in [0.1, 0.15) is 15.7 Å². The number of aliphatic imine (C=N–C) groups is 1. The number of rotatable bonds is 9. The zero-order valence-electron chi connectivity index (χ0n) is 14.4. The molecule has 0 radical (unpaired) electrons. The van der Waals surface area contributed by atoms with Gasteiger partial charge in [0.05, 0.1) is 12.3 Å². The third kappa shape index (κ3) is 8.54. The number of hydrogen-bond donors (Lipinski definition) is 2. The second-order valence-electron chi connectivity index (χ2n) is 5.45. The van der Waals surface area contributed by atoms with Gasteiger partial charge in [-0.05, 0) is 42.9 Å². The van der Waals surface area contributed by atoms with Gasteiger partial charge < -0.3 is 10.6 Å². The molecular formula is C16H26FN3O2S2. The van der Waals surface area contributed by atoms with Crippen molar-refractivity contribution in [2.45, 2.75) is 25.6 Å². The van der Waals surface area contributed by atoms with E-state index in [0.717, 1.165) is 16.9 Å². The molecule has 1 aromatic rings. The first-order chi connectivity index (χ1) is 11.4. The predicted octanol–water partition coefficient (Wildman–Crippen LogP) is 2.18. The van der Waals surface area contributed by atoms with Crippen LogP contribution in [0.25, 0.3) is 0 Å². The molecule has 0 bridgehead atoms. The molecule has 136 valence electrons. The second-order valence-corrected chi connectivity index (χ2v) is 8.58. The lowest BCUT2D eigenvalue weighted by Crippen LogP contribution is -2.38. The first-order valence-electron chi connectivity index (χ1n) is 7.82. The van der Waals surface area contributed by atoms with E-state index in [1.54, 1.807) is 23.9 Å². The van der Waals surface area contributed by atoms with E-state index in [1.165, 1.54) is 12.3 Å². The van der Waals surface area contributed by atoms with E-state index in [-0.39, 0.29) is 11.6 Å². The maximum Gasteiger partial charge on any atom is 0.191 e. The summed E-state index contributed by atoms with van der Waals surface area (Å²) < 4.78 is 35.6. The van der Waals surface area contributed by atoms with Gasteiger partial charge in [0.2, 0.25) is 0 Å². The fourth-order valence-corrected chi connectivity index (χ4v) is 3.33. The number of benzene rings is 1. The summed E-state index contributed by atoms with van der Waals surface area (Å²) in [4.78, 5) is 4.50. The molecule has 0 spiro atoms. The molecule has 0 atom stereocenters. The summed E-state index contributed by atoms with van der Waals surface area (Å²) in [6.45, 7) is 3.64. The Morgan fingerprint density at radius 2 is 2.04 bits per heavy atom. The molecule has 0 aliphatic heterocycles. The molecule has 0 fully saturated rings. The van der Waals surface area contributed by atoms with Crippen molar-refractivity contribution in [1.29, 1.82) is 0 Å². The summed E-state index contributed by atoms with van der Waals surface area (Å²) in [5.74, 6) is 1.28. The summed E-state index contributed by atoms with van der Waals surface area (Å²) in [5.41, 5.74) is 1.93. The Morgan fingerprint density at radius 1 is 1.29 bits per heavy atom. The summed E-state index contributed by atoms with van der Waals surface area (Å²) in [5, 5.41) is 6.25. The number of halogens is 1. The Morgan fingerprint density at radius 3 is 2.67 bits per heavy atom. The highest BCUT2D eigenvalue weighted by molar-refractivity contribution is 7.97. The molecule has 0 aliphatic rings. The van der Waals surface area contributed by atoms with Crippen LogP contribution in [0.2, 0.25) is 0 Å². The maximum atomic E-state index is 13.4. The smallest absolute Gasteiger partial charge is 0.191 e. The van der Waals surface area contributed by atoms with Crippen molar-refractivity contribution in [1.82, 2.24) is 10.6 Å². The molecule has 0 saturated carbocycles. The number of nitrogens with zero attached hydrogens (tertiary/aromatic N) is 1. The molecule has 1 aromatic carbocycles. The first kappa shape index (κ1) is 20.8. The highest BCUT2D eigenvalue weighted by Gasteiger charge is 2.05. The molecule has 0 unspecified atom stereocenters. The van der Waals surface area contributed by atoms with E-state index in [2.05, 4.69) is 15.6 Å². The van der Waals surface area contributed by atoms with Crippen LogP contribution in [0.15, 0.2) is 23.2 Å². The van der Waals surface area contributed by atoms with Gasteiger partial charge in [-0.2, -0.15) is 11.8 Å². The van der Waals surface area contributed by atoms with Crippen molar-refractivity contribution in [3.8, 4) is 0 Å². The average molecular weight is 376 g/mol. The fourth-order valence-electron chi connectivity index (χ4n) is 2.09. The molecule has 0 heterocycles. The molecular weight excluding hydrogens is 349 g/mol. The highest BCUT2D eigenvalue weighted by atomic mass is 32.2. The molecule has 0 amide bonds. The third-order valence-corrected chi connectivity index (χ3v) is 4.83. The lowest BCUT2D eigenvalue weighted by molar-refractivity contribution is 0.598. The minimum Gasteiger partial charge on any atom is -0.357 e. The molecule has 2 N–H and O–H groups in total. The molecule has 0 aromatic heterocycles. The van der Waals surface area contributed by atoms with Crippen LogP contribution in [0.4, 0.5) is 4.39 Å². The topological polar surface area (TPSA) is 70.6 Å². The highest BCUT2D eigenvalue weighted by Crippen LogP contribution is 2.17. The monoisotopic (exact) mass is 375 g/mol. The van der Waals surface area contributed by atoms with Gasteiger partial charge in [-0.1, -0.05) is 6.07 Å². The second kappa shape index (κ2) is 10.6. The normalized spacial score (nSPS) is 12.2. The average Bonchev–Trinajstić information content (AvgIpc) is 2.50. The van der Waals surface area contributed by atoms with Crippen molar-refractivity contribution in [2.75, 3.05) is 31.4 Å². The summed E-state index contributed by atoms with van der Waals surface area (Å²) in [6.07, 6.45) is 3.73. The van der Waals surface area contributed by atoms with Crippen LogP contribution in [0.1, 0.15) is 24.5 Å². The molecule has 8 heteroatoms. The summed E-state index contributed by atoms with van der Waals surface area (Å²) >= 11 is 1.64. The van der Waals surface area contributed by atoms with E-state index in [0.29, 0.717) is 32.0 Å². The lowest BCUT2D eigenvalue weighted by Gasteiger charge is -2.12. The molecule has 0 aliphatic carbocycles. The van der Waals surface area contributed by atoms with Gasteiger partial charge in [0.15, 0.2) is 5.96 Å². The minimum absolute atomic E-state index is 0.148. The Balaban J connectivity index is 2.68. The molecule has 24 heavy (non-hydrogen) atoms. The first-order valence-corrected chi connectivity index (χ1v) is 11.3. The van der Waals surface area contributed by atoms with Gasteiger partial charge in [-0.3, -0.25) is 0 Å². The Hall–Kier alpha value is -1.28. The maximum absolute atomic E-state index is 13.4. The van der Waals surface area contributed by atoms with Crippen molar-refractivity contribution in [3.63, 3.8) is 0 Å². The summed E-state index contributed by atoms with van der Waals surface area (Å²) in [7, 11) is -2.94. The third-order valence-electron chi connectivity index (χ3n) is 3.20. The minimum atomic E-state index is -2.94. The molecule has 1 rings (SSSR count). The van der Waals surface area contributed by atoms with E-state index >= 15 is 0 Å².